The van der Waals surface area contributed by atoms with Crippen molar-refractivity contribution >= 4 is 0 Å². The van der Waals surface area contributed by atoms with Crippen molar-refractivity contribution in [1.29, 1.82) is 10.5 Å². The van der Waals surface area contributed by atoms with Gasteiger partial charge in [-0.3, -0.25) is 0 Å². The summed E-state index contributed by atoms with van der Waals surface area (Å²) in [7, 11) is 3.94. The van der Waals surface area contributed by atoms with Gasteiger partial charge in [0.2, 0.25) is 0 Å². The van der Waals surface area contributed by atoms with Crippen LogP contribution in [0.4, 0.5) is 0 Å². The van der Waals surface area contributed by atoms with Crippen LogP contribution in [-0.4, -0.2) is 27.2 Å². The molecule has 4 nitrogen and oxygen atoms in total. The van der Waals surface area contributed by atoms with Crippen molar-refractivity contribution in [3.63, 3.8) is 0 Å². The average molecular weight is 218 g/mol. The van der Waals surface area contributed by atoms with Gasteiger partial charge in [-0.15, -0.1) is 0 Å². The number of hydrogen-bond acceptors (Lipinski definition) is 4. The Labute approximate surface area is 85.4 Å². The predicted molar refractivity (Wildman–Crippen MR) is 42.4 cm³/mol. The molecule has 12 heavy (non-hydrogen) atoms. The van der Waals surface area contributed by atoms with Gasteiger partial charge in [0.15, 0.2) is 0 Å². The van der Waals surface area contributed by atoms with Crippen molar-refractivity contribution in [2.24, 2.45) is 0 Å². The fraction of sp³-hybridized carbons (Fsp3) is 0.714. The first-order valence-electron chi connectivity index (χ1n) is 3.15. The summed E-state index contributed by atoms with van der Waals surface area (Å²) in [4.78, 5) is 0. The first-order valence-corrected chi connectivity index (χ1v) is 3.15. The molecule has 0 aliphatic heterocycles. The molecule has 1 radical (unpaired) electrons. The van der Waals surface area contributed by atoms with Gasteiger partial charge >= 0.3 is 17.1 Å². The summed E-state index contributed by atoms with van der Waals surface area (Å²) in [6.45, 7) is 11.7. The Morgan fingerprint density at radius 3 is 1.33 bits per heavy atom. The van der Waals surface area contributed by atoms with E-state index in [4.69, 9.17) is 23.7 Å². The van der Waals surface area contributed by atoms with E-state index in [1.807, 2.05) is 14.1 Å². The molecule has 0 spiro atoms. The third-order valence-electron chi connectivity index (χ3n) is 0.854. The third kappa shape index (κ3) is 57.1. The molecule has 0 aliphatic rings. The Kier molecular flexibility index (Phi) is 88.8. The van der Waals surface area contributed by atoms with E-state index in [0.717, 1.165) is 13.1 Å². The maximum absolute atomic E-state index is 6.25. The molecular weight excluding hydrogens is 204 g/mol. The number of nitrogens with zero attached hydrogens (tertiary/aromatic N) is 2. The van der Waals surface area contributed by atoms with Crippen molar-refractivity contribution in [2.75, 3.05) is 27.2 Å². The van der Waals surface area contributed by atoms with Gasteiger partial charge in [-0.1, -0.05) is 0 Å². The minimum atomic E-state index is 0. The summed E-state index contributed by atoms with van der Waals surface area (Å²) in [5.74, 6) is 0. The van der Waals surface area contributed by atoms with E-state index in [2.05, 4.69) is 10.6 Å². The van der Waals surface area contributed by atoms with Crippen molar-refractivity contribution in [3.05, 3.63) is 13.1 Å². The molecule has 0 heterocycles. The van der Waals surface area contributed by atoms with E-state index in [9.17, 15) is 0 Å². The van der Waals surface area contributed by atoms with Crippen molar-refractivity contribution in [1.82, 2.24) is 10.6 Å². The SMILES string of the molecule is CNCCCNC.[C-]#N.[C-]#N.[Cu+2]. The van der Waals surface area contributed by atoms with Gasteiger partial charge in [0.25, 0.3) is 0 Å². The number of hydrogen-bond donors (Lipinski definition) is 2. The van der Waals surface area contributed by atoms with Crippen LogP contribution in [0.15, 0.2) is 0 Å². The molecule has 0 rings (SSSR count). The second-order valence-electron chi connectivity index (χ2n) is 1.56. The molecule has 0 atom stereocenters. The predicted octanol–water partition coefficient (Wildman–Crippen LogP) is 0.00554. The molecule has 0 aromatic heterocycles. The molecule has 0 aromatic rings. The molecule has 0 aliphatic carbocycles. The van der Waals surface area contributed by atoms with Gasteiger partial charge in [0.05, 0.1) is 0 Å². The standard InChI is InChI=1S/C5H14N2.2CN.Cu/c1-6-4-3-5-7-2;2*1-2;/h6-7H,3-5H2,1-2H3;;;/q;2*-1;+2. The Morgan fingerprint density at radius 1 is 0.917 bits per heavy atom. The normalized spacial score (nSPS) is 5.83. The summed E-state index contributed by atoms with van der Waals surface area (Å²) in [6.07, 6.45) is 1.22. The molecule has 0 bridgehead atoms. The minimum absolute atomic E-state index is 0. The Balaban J connectivity index is -0.0000000560. The smallest absolute Gasteiger partial charge is 0.512 e. The van der Waals surface area contributed by atoms with Crippen molar-refractivity contribution in [3.8, 4) is 0 Å². The molecule has 5 heteroatoms. The van der Waals surface area contributed by atoms with Crippen LogP contribution >= 0.6 is 0 Å². The zero-order chi connectivity index (χ0) is 9.54. The van der Waals surface area contributed by atoms with Crippen LogP contribution in [0.3, 0.4) is 0 Å². The Morgan fingerprint density at radius 2 is 1.17 bits per heavy atom. The molecule has 2 N–H and O–H groups in total. The molecule has 73 valence electrons. The van der Waals surface area contributed by atoms with Gasteiger partial charge in [0.1, 0.15) is 0 Å². The number of nitrogens with one attached hydrogen (secondary N) is 2. The zero-order valence-corrected chi connectivity index (χ0v) is 8.26. The average Bonchev–Trinajstić information content (AvgIpc) is 2.13. The van der Waals surface area contributed by atoms with Crippen molar-refractivity contribution in [2.45, 2.75) is 6.42 Å². The molecule has 0 saturated heterocycles. The van der Waals surface area contributed by atoms with E-state index < -0.39 is 0 Å². The quantitative estimate of drug-likeness (QED) is 0.395. The fourth-order valence-electron chi connectivity index (χ4n) is 0.442. The van der Waals surface area contributed by atoms with E-state index in [1.165, 1.54) is 6.42 Å². The monoisotopic (exact) mass is 217 g/mol. The maximum atomic E-state index is 6.25. The fourth-order valence-corrected chi connectivity index (χ4v) is 0.442. The summed E-state index contributed by atoms with van der Waals surface area (Å²) >= 11 is 0. The van der Waals surface area contributed by atoms with Gasteiger partial charge in [0, 0.05) is 0 Å². The van der Waals surface area contributed by atoms with Crippen LogP contribution in [0.2, 0.25) is 0 Å². The van der Waals surface area contributed by atoms with Gasteiger partial charge in [-0.25, -0.2) is 0 Å². The topological polar surface area (TPSA) is 71.6 Å². The van der Waals surface area contributed by atoms with Crippen molar-refractivity contribution < 1.29 is 17.1 Å². The maximum Gasteiger partial charge on any atom is 2.00 e. The third-order valence-corrected chi connectivity index (χ3v) is 0.854. The van der Waals surface area contributed by atoms with Crippen LogP contribution in [0.25, 0.3) is 0 Å². The van der Waals surface area contributed by atoms with E-state index >= 15 is 0 Å². The van der Waals surface area contributed by atoms with E-state index in [0.29, 0.717) is 0 Å². The molecule has 0 aromatic carbocycles. The van der Waals surface area contributed by atoms with Crippen LogP contribution in [0.1, 0.15) is 6.42 Å². The van der Waals surface area contributed by atoms with Gasteiger partial charge in [-0.05, 0) is 33.6 Å². The van der Waals surface area contributed by atoms with Gasteiger partial charge in [-0.2, -0.15) is 0 Å². The molecule has 0 fully saturated rings. The van der Waals surface area contributed by atoms with E-state index in [-0.39, 0.29) is 17.1 Å². The summed E-state index contributed by atoms with van der Waals surface area (Å²) in [5, 5.41) is 18.6. The molecule has 0 unspecified atom stereocenters. The first kappa shape index (κ1) is 22.5. The zero-order valence-electron chi connectivity index (χ0n) is 7.32. The molecule has 0 amide bonds. The van der Waals surface area contributed by atoms with E-state index in [1.54, 1.807) is 0 Å². The minimum Gasteiger partial charge on any atom is -0.512 e. The number of rotatable bonds is 4. The van der Waals surface area contributed by atoms with Crippen LogP contribution in [0, 0.1) is 23.7 Å². The molecule has 0 saturated carbocycles. The van der Waals surface area contributed by atoms with Crippen LogP contribution in [-0.2, 0) is 17.1 Å². The van der Waals surface area contributed by atoms with Crippen LogP contribution < -0.4 is 10.6 Å². The first-order chi connectivity index (χ1) is 5.41. The summed E-state index contributed by atoms with van der Waals surface area (Å²) in [6, 6.07) is 0. The second kappa shape index (κ2) is 47.3. The summed E-state index contributed by atoms with van der Waals surface area (Å²) < 4.78 is 0. The Hall–Kier alpha value is -0.581. The summed E-state index contributed by atoms with van der Waals surface area (Å²) in [5.41, 5.74) is 0. The van der Waals surface area contributed by atoms with Crippen LogP contribution in [0.5, 0.6) is 0 Å². The molecular formula is C7H14CuN4. The Bertz CT molecular complexity index is 72.0. The van der Waals surface area contributed by atoms with Gasteiger partial charge < -0.3 is 34.3 Å². The second-order valence-corrected chi connectivity index (χ2v) is 1.56. The largest absolute Gasteiger partial charge is 2.00 e.